The van der Waals surface area contributed by atoms with E-state index in [4.69, 9.17) is 4.74 Å². The Labute approximate surface area is 141 Å². The van der Waals surface area contributed by atoms with E-state index in [-0.39, 0.29) is 0 Å². The van der Waals surface area contributed by atoms with Crippen molar-refractivity contribution in [3.63, 3.8) is 0 Å². The van der Waals surface area contributed by atoms with Gasteiger partial charge in [-0.25, -0.2) is 9.97 Å². The van der Waals surface area contributed by atoms with Gasteiger partial charge in [0.15, 0.2) is 5.82 Å². The molecule has 2 aromatic heterocycles. The Balaban J connectivity index is 1.52. The lowest BCUT2D eigenvalue weighted by atomic mass is 10.2. The van der Waals surface area contributed by atoms with E-state index >= 15 is 0 Å². The molecule has 0 atom stereocenters. The summed E-state index contributed by atoms with van der Waals surface area (Å²) in [6.45, 7) is 6.45. The van der Waals surface area contributed by atoms with Crippen LogP contribution >= 0.6 is 0 Å². The van der Waals surface area contributed by atoms with Crippen LogP contribution in [0, 0.1) is 0 Å². The SMILES string of the molecule is CCOc1ccccc1N1CCN(c2nccn3cncc23)CC1. The van der Waals surface area contributed by atoms with Crippen molar-refractivity contribution >= 4 is 17.0 Å². The van der Waals surface area contributed by atoms with E-state index in [1.165, 1.54) is 5.69 Å². The summed E-state index contributed by atoms with van der Waals surface area (Å²) < 4.78 is 7.78. The third-order valence-electron chi connectivity index (χ3n) is 4.40. The van der Waals surface area contributed by atoms with E-state index in [1.54, 1.807) is 0 Å². The van der Waals surface area contributed by atoms with Crippen molar-refractivity contribution in [2.45, 2.75) is 6.92 Å². The van der Waals surface area contributed by atoms with Crippen LogP contribution in [0.5, 0.6) is 5.75 Å². The number of benzene rings is 1. The standard InChI is InChI=1S/C18H21N5O/c1-2-24-17-6-4-3-5-15(17)21-9-11-22(12-10-21)18-16-13-19-14-23(16)8-7-20-18/h3-8,13-14H,2,9-12H2,1H3. The highest BCUT2D eigenvalue weighted by molar-refractivity contribution is 5.69. The number of hydrogen-bond donors (Lipinski definition) is 0. The second-order valence-corrected chi connectivity index (χ2v) is 5.81. The summed E-state index contributed by atoms with van der Waals surface area (Å²) in [6, 6.07) is 8.27. The third kappa shape index (κ3) is 2.64. The number of fused-ring (bicyclic) bond motifs is 1. The van der Waals surface area contributed by atoms with Gasteiger partial charge < -0.3 is 18.9 Å². The summed E-state index contributed by atoms with van der Waals surface area (Å²) in [5.41, 5.74) is 2.23. The van der Waals surface area contributed by atoms with E-state index in [0.717, 1.165) is 43.3 Å². The van der Waals surface area contributed by atoms with Gasteiger partial charge in [0.05, 0.1) is 24.8 Å². The van der Waals surface area contributed by atoms with Crippen molar-refractivity contribution in [3.05, 3.63) is 49.2 Å². The molecule has 0 spiro atoms. The summed E-state index contributed by atoms with van der Waals surface area (Å²) in [7, 11) is 0. The highest BCUT2D eigenvalue weighted by Gasteiger charge is 2.21. The fourth-order valence-corrected chi connectivity index (χ4v) is 3.24. The molecule has 3 aromatic rings. The lowest BCUT2D eigenvalue weighted by molar-refractivity contribution is 0.340. The van der Waals surface area contributed by atoms with Gasteiger partial charge in [-0.3, -0.25) is 0 Å². The van der Waals surface area contributed by atoms with Gasteiger partial charge >= 0.3 is 0 Å². The van der Waals surface area contributed by atoms with Gasteiger partial charge in [-0.1, -0.05) is 12.1 Å². The molecule has 1 saturated heterocycles. The molecule has 0 amide bonds. The van der Waals surface area contributed by atoms with Crippen LogP contribution in [0.15, 0.2) is 49.2 Å². The number of nitrogens with zero attached hydrogens (tertiary/aromatic N) is 5. The average molecular weight is 323 g/mol. The van der Waals surface area contributed by atoms with Gasteiger partial charge in [-0.2, -0.15) is 0 Å². The molecular weight excluding hydrogens is 302 g/mol. The van der Waals surface area contributed by atoms with Crippen LogP contribution in [0.2, 0.25) is 0 Å². The Morgan fingerprint density at radius 3 is 2.71 bits per heavy atom. The van der Waals surface area contributed by atoms with Crippen LogP contribution < -0.4 is 14.5 Å². The molecular formula is C18H21N5O. The molecule has 0 aliphatic carbocycles. The van der Waals surface area contributed by atoms with Gasteiger partial charge in [0.2, 0.25) is 0 Å². The van der Waals surface area contributed by atoms with Crippen molar-refractivity contribution in [1.82, 2.24) is 14.4 Å². The average Bonchev–Trinajstić information content (AvgIpc) is 3.11. The number of ether oxygens (including phenoxy) is 1. The minimum absolute atomic E-state index is 0.685. The first-order valence-electron chi connectivity index (χ1n) is 8.35. The van der Waals surface area contributed by atoms with Gasteiger partial charge in [0, 0.05) is 38.6 Å². The first-order chi connectivity index (χ1) is 11.9. The molecule has 124 valence electrons. The number of para-hydroxylation sites is 2. The van der Waals surface area contributed by atoms with Crippen molar-refractivity contribution in [1.29, 1.82) is 0 Å². The van der Waals surface area contributed by atoms with Crippen LogP contribution in [0.3, 0.4) is 0 Å². The Kier molecular flexibility index (Phi) is 3.94. The monoisotopic (exact) mass is 323 g/mol. The number of rotatable bonds is 4. The molecule has 1 aromatic carbocycles. The topological polar surface area (TPSA) is 45.9 Å². The predicted molar refractivity (Wildman–Crippen MR) is 95.0 cm³/mol. The predicted octanol–water partition coefficient (Wildman–Crippen LogP) is 2.45. The zero-order chi connectivity index (χ0) is 16.4. The third-order valence-corrected chi connectivity index (χ3v) is 4.40. The molecule has 3 heterocycles. The maximum Gasteiger partial charge on any atom is 0.154 e. The summed E-state index contributed by atoms with van der Waals surface area (Å²) in [6.07, 6.45) is 7.45. The fraction of sp³-hybridized carbons (Fsp3) is 0.333. The van der Waals surface area contributed by atoms with E-state index in [1.807, 2.05) is 48.4 Å². The summed E-state index contributed by atoms with van der Waals surface area (Å²) in [5.74, 6) is 1.97. The van der Waals surface area contributed by atoms with Crippen LogP contribution in [0.1, 0.15) is 6.92 Å². The minimum atomic E-state index is 0.685. The van der Waals surface area contributed by atoms with Crippen LogP contribution in [0.25, 0.3) is 5.52 Å². The Bertz CT molecular complexity index is 823. The van der Waals surface area contributed by atoms with Crippen LogP contribution in [-0.2, 0) is 0 Å². The van der Waals surface area contributed by atoms with Crippen molar-refractivity contribution in [3.8, 4) is 5.75 Å². The normalized spacial score (nSPS) is 15.0. The molecule has 0 saturated carbocycles. The van der Waals surface area contributed by atoms with Crippen LogP contribution in [0.4, 0.5) is 11.5 Å². The Morgan fingerprint density at radius 1 is 1.08 bits per heavy atom. The summed E-state index contributed by atoms with van der Waals surface area (Å²) >= 11 is 0. The van der Waals surface area contributed by atoms with E-state index in [2.05, 4.69) is 31.9 Å². The largest absolute Gasteiger partial charge is 0.492 e. The van der Waals surface area contributed by atoms with Crippen LogP contribution in [-0.4, -0.2) is 47.2 Å². The van der Waals surface area contributed by atoms with Crippen molar-refractivity contribution < 1.29 is 4.74 Å². The minimum Gasteiger partial charge on any atom is -0.492 e. The lowest BCUT2D eigenvalue weighted by Gasteiger charge is -2.37. The number of aromatic nitrogens is 3. The Hall–Kier alpha value is -2.76. The van der Waals surface area contributed by atoms with Crippen molar-refractivity contribution in [2.75, 3.05) is 42.6 Å². The second-order valence-electron chi connectivity index (χ2n) is 5.81. The molecule has 4 rings (SSSR count). The Morgan fingerprint density at radius 2 is 1.88 bits per heavy atom. The first-order valence-corrected chi connectivity index (χ1v) is 8.35. The molecule has 0 radical (unpaired) electrons. The van der Waals surface area contributed by atoms with Crippen molar-refractivity contribution in [2.24, 2.45) is 0 Å². The van der Waals surface area contributed by atoms with Gasteiger partial charge in [0.1, 0.15) is 11.3 Å². The highest BCUT2D eigenvalue weighted by Crippen LogP contribution is 2.29. The molecule has 24 heavy (non-hydrogen) atoms. The van der Waals surface area contributed by atoms with Gasteiger partial charge in [0.25, 0.3) is 0 Å². The highest BCUT2D eigenvalue weighted by atomic mass is 16.5. The summed E-state index contributed by atoms with van der Waals surface area (Å²) in [5, 5.41) is 0. The number of imidazole rings is 1. The maximum absolute atomic E-state index is 5.77. The number of hydrogen-bond acceptors (Lipinski definition) is 5. The fourth-order valence-electron chi connectivity index (χ4n) is 3.24. The number of piperazine rings is 1. The van der Waals surface area contributed by atoms with E-state index in [0.29, 0.717) is 6.61 Å². The molecule has 1 aliphatic rings. The molecule has 6 heteroatoms. The lowest BCUT2D eigenvalue weighted by Crippen LogP contribution is -2.47. The van der Waals surface area contributed by atoms with Gasteiger partial charge in [-0.05, 0) is 19.1 Å². The molecule has 1 fully saturated rings. The summed E-state index contributed by atoms with van der Waals surface area (Å²) in [4.78, 5) is 13.5. The first kappa shape index (κ1) is 14.8. The molecule has 0 N–H and O–H groups in total. The van der Waals surface area contributed by atoms with E-state index < -0.39 is 0 Å². The second kappa shape index (κ2) is 6.39. The maximum atomic E-state index is 5.77. The van der Waals surface area contributed by atoms with E-state index in [9.17, 15) is 0 Å². The molecule has 6 nitrogen and oxygen atoms in total. The molecule has 0 bridgehead atoms. The van der Waals surface area contributed by atoms with Gasteiger partial charge in [-0.15, -0.1) is 0 Å². The number of anilines is 2. The molecule has 0 unspecified atom stereocenters. The zero-order valence-corrected chi connectivity index (χ0v) is 13.8. The zero-order valence-electron chi connectivity index (χ0n) is 13.8. The smallest absolute Gasteiger partial charge is 0.154 e. The molecule has 1 aliphatic heterocycles. The quantitative estimate of drug-likeness (QED) is 0.738.